The topological polar surface area (TPSA) is 74.6 Å². The largest absolute Gasteiger partial charge is 0.481 e. The van der Waals surface area contributed by atoms with E-state index < -0.39 is 22.8 Å². The first-order chi connectivity index (χ1) is 14.8. The monoisotopic (exact) mass is 436 g/mol. The Hall–Kier alpha value is -1.32. The minimum Gasteiger partial charge on any atom is -0.481 e. The maximum Gasteiger partial charge on any atom is 0.311 e. The van der Waals surface area contributed by atoms with Gasteiger partial charge in [-0.2, -0.15) is 0 Å². The van der Waals surface area contributed by atoms with Gasteiger partial charge in [0.25, 0.3) is 0 Å². The fourth-order valence-corrected chi connectivity index (χ4v) is 5.44. The smallest absolute Gasteiger partial charge is 0.311 e. The molecule has 0 saturated heterocycles. The third kappa shape index (κ3) is 8.27. The average molecular weight is 437 g/mol. The summed E-state index contributed by atoms with van der Waals surface area (Å²) in [6, 6.07) is 0. The minimum absolute atomic E-state index is 0.333. The number of rotatable bonds is 18. The van der Waals surface area contributed by atoms with Crippen molar-refractivity contribution in [3.63, 3.8) is 0 Å². The van der Waals surface area contributed by atoms with Gasteiger partial charge < -0.3 is 10.2 Å². The van der Waals surface area contributed by atoms with Gasteiger partial charge in [0.15, 0.2) is 0 Å². The Bertz CT molecular complexity index is 553. The summed E-state index contributed by atoms with van der Waals surface area (Å²) in [6.07, 6.45) is 20.8. The van der Waals surface area contributed by atoms with Gasteiger partial charge >= 0.3 is 11.9 Å². The molecule has 0 bridgehead atoms. The van der Waals surface area contributed by atoms with Crippen LogP contribution in [0, 0.1) is 16.7 Å². The van der Waals surface area contributed by atoms with Crippen molar-refractivity contribution in [2.45, 2.75) is 130 Å². The molecular weight excluding hydrogens is 388 g/mol. The first-order valence-electron chi connectivity index (χ1n) is 12.9. The Balaban J connectivity index is 2.32. The van der Waals surface area contributed by atoms with E-state index in [-0.39, 0.29) is 0 Å². The molecule has 180 valence electrons. The summed E-state index contributed by atoms with van der Waals surface area (Å²) >= 11 is 0. The number of hydrogen-bond donors (Lipinski definition) is 2. The molecule has 0 aromatic carbocycles. The zero-order chi connectivity index (χ0) is 23.2. The van der Waals surface area contributed by atoms with Gasteiger partial charge in [-0.25, -0.2) is 0 Å². The summed E-state index contributed by atoms with van der Waals surface area (Å²) in [5.41, 5.74) is -2.34. The molecule has 31 heavy (non-hydrogen) atoms. The highest BCUT2D eigenvalue weighted by molar-refractivity contribution is 5.87. The molecule has 2 N–H and O–H groups in total. The Morgan fingerprint density at radius 1 is 0.710 bits per heavy atom. The van der Waals surface area contributed by atoms with Gasteiger partial charge in [0.05, 0.1) is 10.8 Å². The lowest BCUT2D eigenvalue weighted by Crippen LogP contribution is -2.53. The highest BCUT2D eigenvalue weighted by atomic mass is 16.4. The van der Waals surface area contributed by atoms with Crippen molar-refractivity contribution < 1.29 is 19.8 Å². The minimum atomic E-state index is -1.17. The number of aliphatic carboxylic acids is 2. The molecule has 0 aliphatic heterocycles. The van der Waals surface area contributed by atoms with Crippen molar-refractivity contribution >= 4 is 11.9 Å². The van der Waals surface area contributed by atoms with E-state index in [0.29, 0.717) is 32.1 Å². The second-order valence-electron chi connectivity index (χ2n) is 10.2. The lowest BCUT2D eigenvalue weighted by atomic mass is 9.54. The maximum atomic E-state index is 12.3. The normalized spacial score (nSPS) is 23.4. The molecule has 2 unspecified atom stereocenters. The number of carbonyl (C=O) groups is 2. The van der Waals surface area contributed by atoms with E-state index in [1.165, 1.54) is 57.8 Å². The van der Waals surface area contributed by atoms with E-state index in [1.54, 1.807) is 0 Å². The van der Waals surface area contributed by atoms with E-state index in [4.69, 9.17) is 0 Å². The number of carboxylic acid groups (broad SMARTS) is 2. The van der Waals surface area contributed by atoms with E-state index in [0.717, 1.165) is 25.2 Å². The summed E-state index contributed by atoms with van der Waals surface area (Å²) in [5.74, 6) is -1.04. The van der Waals surface area contributed by atoms with Crippen molar-refractivity contribution in [3.05, 3.63) is 12.2 Å². The third-order valence-corrected chi connectivity index (χ3v) is 7.40. The third-order valence-electron chi connectivity index (χ3n) is 7.40. The van der Waals surface area contributed by atoms with Crippen LogP contribution < -0.4 is 0 Å². The van der Waals surface area contributed by atoms with Crippen LogP contribution in [0.25, 0.3) is 0 Å². The van der Waals surface area contributed by atoms with Crippen LogP contribution in [0.4, 0.5) is 0 Å². The van der Waals surface area contributed by atoms with Gasteiger partial charge in [-0.1, -0.05) is 116 Å². The standard InChI is InChI=1S/C27H48O4/c1-4-19-26(24(28)29)21-16-17-22-27(26,25(30)31)20-15-13-11-9-7-5-6-8-10-12-14-18-23(2)3/h16-17,23H,4-15,18-22H2,1-3H3,(H,28,29)(H,30,31). The summed E-state index contributed by atoms with van der Waals surface area (Å²) in [4.78, 5) is 24.6. The molecule has 0 spiro atoms. The molecule has 1 aliphatic carbocycles. The van der Waals surface area contributed by atoms with Crippen molar-refractivity contribution in [2.75, 3.05) is 0 Å². The van der Waals surface area contributed by atoms with Crippen LogP contribution in [-0.4, -0.2) is 22.2 Å². The van der Waals surface area contributed by atoms with Crippen molar-refractivity contribution in [1.29, 1.82) is 0 Å². The summed E-state index contributed by atoms with van der Waals surface area (Å²) in [6.45, 7) is 6.53. The predicted molar refractivity (Wildman–Crippen MR) is 128 cm³/mol. The highest BCUT2D eigenvalue weighted by Gasteiger charge is 2.60. The van der Waals surface area contributed by atoms with Gasteiger partial charge in [-0.05, 0) is 31.6 Å². The lowest BCUT2D eigenvalue weighted by Gasteiger charge is -2.46. The molecule has 4 heteroatoms. The Labute approximate surface area is 190 Å². The molecule has 0 saturated carbocycles. The van der Waals surface area contributed by atoms with Crippen LogP contribution in [0.1, 0.15) is 130 Å². The Kier molecular flexibility index (Phi) is 13.1. The maximum absolute atomic E-state index is 12.3. The van der Waals surface area contributed by atoms with Crippen LogP contribution in [0.5, 0.6) is 0 Å². The number of carboxylic acids is 2. The summed E-state index contributed by atoms with van der Waals surface area (Å²) < 4.78 is 0. The first kappa shape index (κ1) is 27.7. The van der Waals surface area contributed by atoms with Gasteiger partial charge in [0.2, 0.25) is 0 Å². The highest BCUT2D eigenvalue weighted by Crippen LogP contribution is 2.54. The molecule has 0 heterocycles. The van der Waals surface area contributed by atoms with Crippen LogP contribution in [-0.2, 0) is 9.59 Å². The molecule has 4 nitrogen and oxygen atoms in total. The average Bonchev–Trinajstić information content (AvgIpc) is 2.72. The fourth-order valence-electron chi connectivity index (χ4n) is 5.44. The van der Waals surface area contributed by atoms with Crippen LogP contribution >= 0.6 is 0 Å². The SMILES string of the molecule is CCCC1(C(=O)O)CC=CCC1(CCCCCCCCCCCCCC(C)C)C(=O)O. The number of allylic oxidation sites excluding steroid dienone is 2. The molecule has 0 radical (unpaired) electrons. The molecule has 0 aromatic heterocycles. The van der Waals surface area contributed by atoms with Crippen LogP contribution in [0.15, 0.2) is 12.2 Å². The molecule has 0 amide bonds. The zero-order valence-corrected chi connectivity index (χ0v) is 20.5. The summed E-state index contributed by atoms with van der Waals surface area (Å²) in [5, 5.41) is 20.1. The number of hydrogen-bond acceptors (Lipinski definition) is 2. The van der Waals surface area contributed by atoms with Crippen molar-refractivity contribution in [1.82, 2.24) is 0 Å². The van der Waals surface area contributed by atoms with Crippen molar-refractivity contribution in [2.24, 2.45) is 16.7 Å². The molecule has 2 atom stereocenters. The fraction of sp³-hybridized carbons (Fsp3) is 0.852. The molecule has 1 rings (SSSR count). The van der Waals surface area contributed by atoms with Gasteiger partial charge in [-0.15, -0.1) is 0 Å². The molecule has 0 aromatic rings. The van der Waals surface area contributed by atoms with Gasteiger partial charge in [0, 0.05) is 0 Å². The zero-order valence-electron chi connectivity index (χ0n) is 20.5. The van der Waals surface area contributed by atoms with Crippen molar-refractivity contribution in [3.8, 4) is 0 Å². The lowest BCUT2D eigenvalue weighted by molar-refractivity contribution is -0.177. The van der Waals surface area contributed by atoms with Gasteiger partial charge in [0.1, 0.15) is 0 Å². The van der Waals surface area contributed by atoms with Crippen LogP contribution in [0.2, 0.25) is 0 Å². The second kappa shape index (κ2) is 14.7. The van der Waals surface area contributed by atoms with Crippen LogP contribution in [0.3, 0.4) is 0 Å². The molecule has 1 aliphatic rings. The summed E-state index contributed by atoms with van der Waals surface area (Å²) in [7, 11) is 0. The molecular formula is C27H48O4. The first-order valence-corrected chi connectivity index (χ1v) is 12.9. The van der Waals surface area contributed by atoms with E-state index >= 15 is 0 Å². The quantitative estimate of drug-likeness (QED) is 0.168. The number of unbranched alkanes of at least 4 members (excludes halogenated alkanes) is 10. The van der Waals surface area contributed by atoms with Gasteiger partial charge in [-0.3, -0.25) is 9.59 Å². The Morgan fingerprint density at radius 2 is 1.10 bits per heavy atom. The molecule has 0 fully saturated rings. The predicted octanol–water partition coefficient (Wildman–Crippen LogP) is 8.01. The van der Waals surface area contributed by atoms with E-state index in [9.17, 15) is 19.8 Å². The van der Waals surface area contributed by atoms with E-state index in [2.05, 4.69) is 13.8 Å². The Morgan fingerprint density at radius 3 is 1.48 bits per heavy atom. The second-order valence-corrected chi connectivity index (χ2v) is 10.2. The van der Waals surface area contributed by atoms with E-state index in [1.807, 2.05) is 19.1 Å².